The van der Waals surface area contributed by atoms with Crippen LogP contribution in [-0.4, -0.2) is 42.2 Å². The first-order valence-corrected chi connectivity index (χ1v) is 10.8. The second kappa shape index (κ2) is 10.1. The molecule has 1 aliphatic rings. The molecule has 2 heterocycles. The monoisotopic (exact) mass is 433 g/mol. The summed E-state index contributed by atoms with van der Waals surface area (Å²) in [6.45, 7) is 6.74. The average Bonchev–Trinajstić information content (AvgIpc) is 2.81. The SMILES string of the molecule is C=CC(=O)Nc1ccc(Sc2ccnc(Nc3cccc(N4CCOCC4)c3)n2)cc1. The van der Waals surface area contributed by atoms with Crippen molar-refractivity contribution in [2.45, 2.75) is 9.92 Å². The molecule has 2 aromatic carbocycles. The van der Waals surface area contributed by atoms with Crippen LogP contribution in [0.5, 0.6) is 0 Å². The molecular formula is C23H23N5O2S. The summed E-state index contributed by atoms with van der Waals surface area (Å²) in [5.74, 6) is 0.309. The highest BCUT2D eigenvalue weighted by molar-refractivity contribution is 7.99. The predicted octanol–water partition coefficient (Wildman–Crippen LogP) is 4.33. The van der Waals surface area contributed by atoms with Crippen molar-refractivity contribution in [1.29, 1.82) is 0 Å². The number of nitrogens with zero attached hydrogens (tertiary/aromatic N) is 3. The van der Waals surface area contributed by atoms with Gasteiger partial charge in [-0.25, -0.2) is 9.97 Å². The van der Waals surface area contributed by atoms with Crippen LogP contribution in [0.3, 0.4) is 0 Å². The quantitative estimate of drug-likeness (QED) is 0.424. The summed E-state index contributed by atoms with van der Waals surface area (Å²) >= 11 is 1.53. The van der Waals surface area contributed by atoms with Crippen LogP contribution in [0, 0.1) is 0 Å². The Kier molecular flexibility index (Phi) is 6.81. The second-order valence-corrected chi connectivity index (χ2v) is 7.91. The molecule has 0 atom stereocenters. The summed E-state index contributed by atoms with van der Waals surface area (Å²) in [6, 6.07) is 17.7. The molecule has 0 radical (unpaired) electrons. The van der Waals surface area contributed by atoms with Crippen LogP contribution in [0.25, 0.3) is 0 Å². The molecule has 1 aliphatic heterocycles. The highest BCUT2D eigenvalue weighted by atomic mass is 32.2. The van der Waals surface area contributed by atoms with E-state index in [-0.39, 0.29) is 5.91 Å². The van der Waals surface area contributed by atoms with E-state index >= 15 is 0 Å². The van der Waals surface area contributed by atoms with E-state index < -0.39 is 0 Å². The van der Waals surface area contributed by atoms with E-state index in [1.807, 2.05) is 42.5 Å². The number of hydrogen-bond acceptors (Lipinski definition) is 7. The van der Waals surface area contributed by atoms with Crippen molar-refractivity contribution in [3.63, 3.8) is 0 Å². The number of ether oxygens (including phenoxy) is 1. The van der Waals surface area contributed by atoms with Gasteiger partial charge in [-0.2, -0.15) is 0 Å². The van der Waals surface area contributed by atoms with E-state index in [2.05, 4.69) is 44.2 Å². The van der Waals surface area contributed by atoms with Crippen LogP contribution in [0.15, 0.2) is 83.4 Å². The lowest BCUT2D eigenvalue weighted by molar-refractivity contribution is -0.111. The molecule has 0 aliphatic carbocycles. The number of carbonyl (C=O) groups is 1. The van der Waals surface area contributed by atoms with E-state index in [1.165, 1.54) is 17.8 Å². The van der Waals surface area contributed by atoms with E-state index in [9.17, 15) is 4.79 Å². The number of carbonyl (C=O) groups excluding carboxylic acids is 1. The highest BCUT2D eigenvalue weighted by Gasteiger charge is 2.11. The minimum absolute atomic E-state index is 0.232. The zero-order valence-corrected chi connectivity index (χ0v) is 17.8. The number of amides is 1. The van der Waals surface area contributed by atoms with E-state index in [0.717, 1.165) is 53.3 Å². The van der Waals surface area contributed by atoms with Crippen molar-refractivity contribution in [2.75, 3.05) is 41.8 Å². The minimum Gasteiger partial charge on any atom is -0.378 e. The first kappa shape index (κ1) is 20.9. The summed E-state index contributed by atoms with van der Waals surface area (Å²) < 4.78 is 5.44. The minimum atomic E-state index is -0.232. The normalized spacial score (nSPS) is 13.5. The summed E-state index contributed by atoms with van der Waals surface area (Å²) in [7, 11) is 0. The first-order chi connectivity index (χ1) is 15.2. The molecule has 7 nitrogen and oxygen atoms in total. The summed E-state index contributed by atoms with van der Waals surface area (Å²) in [6.07, 6.45) is 2.98. The topological polar surface area (TPSA) is 79.4 Å². The third-order valence-electron chi connectivity index (χ3n) is 4.64. The molecule has 1 amide bonds. The standard InChI is InChI=1S/C23H23N5O2S/c1-2-21(29)25-17-6-8-20(9-7-17)31-22-10-11-24-23(27-22)26-18-4-3-5-19(16-18)28-12-14-30-15-13-28/h2-11,16H,1,12-15H2,(H,25,29)(H,24,26,27). The number of morpholine rings is 1. The van der Waals surface area contributed by atoms with Crippen molar-refractivity contribution in [3.8, 4) is 0 Å². The van der Waals surface area contributed by atoms with Crippen molar-refractivity contribution >= 4 is 40.7 Å². The predicted molar refractivity (Wildman–Crippen MR) is 124 cm³/mol. The lowest BCUT2D eigenvalue weighted by Crippen LogP contribution is -2.36. The van der Waals surface area contributed by atoms with Gasteiger partial charge in [0, 0.05) is 41.2 Å². The lowest BCUT2D eigenvalue weighted by Gasteiger charge is -2.29. The van der Waals surface area contributed by atoms with Crippen LogP contribution in [0.4, 0.5) is 23.0 Å². The van der Waals surface area contributed by atoms with E-state index in [4.69, 9.17) is 4.74 Å². The van der Waals surface area contributed by atoms with Gasteiger partial charge in [0.1, 0.15) is 5.03 Å². The van der Waals surface area contributed by atoms with Crippen LogP contribution in [-0.2, 0) is 9.53 Å². The summed E-state index contributed by atoms with van der Waals surface area (Å²) in [5, 5.41) is 6.86. The Morgan fingerprint density at radius 1 is 1.10 bits per heavy atom. The number of benzene rings is 2. The zero-order valence-electron chi connectivity index (χ0n) is 17.0. The Morgan fingerprint density at radius 3 is 2.68 bits per heavy atom. The van der Waals surface area contributed by atoms with Gasteiger partial charge in [0.05, 0.1) is 13.2 Å². The molecule has 0 spiro atoms. The van der Waals surface area contributed by atoms with Crippen LogP contribution in [0.1, 0.15) is 0 Å². The van der Waals surface area contributed by atoms with Gasteiger partial charge < -0.3 is 20.3 Å². The molecule has 158 valence electrons. The van der Waals surface area contributed by atoms with Crippen LogP contribution < -0.4 is 15.5 Å². The molecule has 3 aromatic rings. The third-order valence-corrected chi connectivity index (χ3v) is 5.58. The van der Waals surface area contributed by atoms with Crippen LogP contribution >= 0.6 is 11.8 Å². The van der Waals surface area contributed by atoms with Gasteiger partial charge >= 0.3 is 0 Å². The molecule has 1 saturated heterocycles. The van der Waals surface area contributed by atoms with E-state index in [1.54, 1.807) is 6.20 Å². The number of nitrogens with one attached hydrogen (secondary N) is 2. The molecule has 1 aromatic heterocycles. The highest BCUT2D eigenvalue weighted by Crippen LogP contribution is 2.28. The largest absolute Gasteiger partial charge is 0.378 e. The fourth-order valence-corrected chi connectivity index (χ4v) is 3.89. The van der Waals surface area contributed by atoms with Crippen molar-refractivity contribution < 1.29 is 9.53 Å². The molecule has 2 N–H and O–H groups in total. The zero-order chi connectivity index (χ0) is 21.5. The number of aromatic nitrogens is 2. The molecule has 0 unspecified atom stereocenters. The number of anilines is 4. The average molecular weight is 434 g/mol. The molecular weight excluding hydrogens is 410 g/mol. The van der Waals surface area contributed by atoms with Crippen molar-refractivity contribution in [3.05, 3.63) is 73.4 Å². The Bertz CT molecular complexity index is 1050. The second-order valence-electron chi connectivity index (χ2n) is 6.81. The summed E-state index contributed by atoms with van der Waals surface area (Å²) in [5.41, 5.74) is 2.82. The van der Waals surface area contributed by atoms with Gasteiger partial charge in [-0.15, -0.1) is 0 Å². The molecule has 1 fully saturated rings. The Hall–Kier alpha value is -3.36. The third kappa shape index (κ3) is 5.84. The molecule has 31 heavy (non-hydrogen) atoms. The molecule has 0 bridgehead atoms. The number of hydrogen-bond donors (Lipinski definition) is 2. The maximum Gasteiger partial charge on any atom is 0.247 e. The van der Waals surface area contributed by atoms with Gasteiger partial charge in [0.2, 0.25) is 11.9 Å². The van der Waals surface area contributed by atoms with Crippen LogP contribution in [0.2, 0.25) is 0 Å². The van der Waals surface area contributed by atoms with Gasteiger partial charge in [0.15, 0.2) is 0 Å². The number of rotatable bonds is 7. The first-order valence-electron chi connectivity index (χ1n) is 9.94. The van der Waals surface area contributed by atoms with Gasteiger partial charge in [-0.05, 0) is 54.6 Å². The van der Waals surface area contributed by atoms with Gasteiger partial charge in [0.25, 0.3) is 0 Å². The fraction of sp³-hybridized carbons (Fsp3) is 0.174. The Morgan fingerprint density at radius 2 is 1.90 bits per heavy atom. The maximum absolute atomic E-state index is 11.4. The maximum atomic E-state index is 11.4. The fourth-order valence-electron chi connectivity index (χ4n) is 3.11. The van der Waals surface area contributed by atoms with Gasteiger partial charge in [-0.1, -0.05) is 24.4 Å². The van der Waals surface area contributed by atoms with Gasteiger partial charge in [-0.3, -0.25) is 4.79 Å². The smallest absolute Gasteiger partial charge is 0.247 e. The molecule has 0 saturated carbocycles. The molecule has 4 rings (SSSR count). The Labute approximate surface area is 185 Å². The van der Waals surface area contributed by atoms with Crippen molar-refractivity contribution in [2.24, 2.45) is 0 Å². The lowest BCUT2D eigenvalue weighted by atomic mass is 10.2. The Balaban J connectivity index is 1.41. The van der Waals surface area contributed by atoms with E-state index in [0.29, 0.717) is 5.95 Å². The van der Waals surface area contributed by atoms with Crippen molar-refractivity contribution in [1.82, 2.24) is 9.97 Å². The molecule has 8 heteroatoms. The summed E-state index contributed by atoms with van der Waals surface area (Å²) in [4.78, 5) is 23.7.